The first kappa shape index (κ1) is 17.2. The second-order valence-electron chi connectivity index (χ2n) is 6.71. The first-order valence-corrected chi connectivity index (χ1v) is 9.22. The lowest BCUT2D eigenvalue weighted by molar-refractivity contribution is 0.122. The highest BCUT2D eigenvalue weighted by atomic mass is 19.1. The zero-order valence-corrected chi connectivity index (χ0v) is 14.7. The Kier molecular flexibility index (Phi) is 5.26. The van der Waals surface area contributed by atoms with Crippen LogP contribution in [0.4, 0.5) is 16.0 Å². The largest absolute Gasteiger partial charge is 0.378 e. The van der Waals surface area contributed by atoms with Crippen molar-refractivity contribution in [3.8, 4) is 11.3 Å². The zero-order chi connectivity index (χ0) is 17.8. The number of halogens is 1. The molecule has 1 aromatic carbocycles. The molecule has 6 nitrogen and oxygen atoms in total. The summed E-state index contributed by atoms with van der Waals surface area (Å²) in [6.45, 7) is 5.09. The molecule has 138 valence electrons. The Morgan fingerprint density at radius 1 is 1.19 bits per heavy atom. The maximum absolute atomic E-state index is 14.4. The highest BCUT2D eigenvalue weighted by Gasteiger charge is 2.17. The number of hydrogen-bond donors (Lipinski definition) is 2. The smallest absolute Gasteiger partial charge is 0.223 e. The Bertz CT molecular complexity index is 744. The predicted octanol–water partition coefficient (Wildman–Crippen LogP) is 2.28. The van der Waals surface area contributed by atoms with Gasteiger partial charge in [0.25, 0.3) is 0 Å². The van der Waals surface area contributed by atoms with Gasteiger partial charge in [0, 0.05) is 30.4 Å². The lowest BCUT2D eigenvalue weighted by Gasteiger charge is -2.29. The zero-order valence-electron chi connectivity index (χ0n) is 14.7. The summed E-state index contributed by atoms with van der Waals surface area (Å²) in [6.07, 6.45) is 3.29. The van der Waals surface area contributed by atoms with Gasteiger partial charge in [0.1, 0.15) is 5.69 Å². The van der Waals surface area contributed by atoms with Crippen LogP contribution in [-0.4, -0.2) is 55.4 Å². The Labute approximate surface area is 152 Å². The van der Waals surface area contributed by atoms with E-state index in [1.165, 1.54) is 6.20 Å². The van der Waals surface area contributed by atoms with E-state index in [4.69, 9.17) is 4.74 Å². The topological polar surface area (TPSA) is 62.3 Å². The van der Waals surface area contributed by atoms with Crippen LogP contribution in [-0.2, 0) is 4.74 Å². The standard InChI is InChI=1S/C19H24FN5O/c20-17-13-22-19(23-15-4-6-21-7-5-15)24-18(17)14-2-1-3-16(12-14)25-8-10-26-11-9-25/h1-3,12-13,15,21H,4-11H2,(H,22,23,24). The molecular formula is C19H24FN5O. The van der Waals surface area contributed by atoms with Gasteiger partial charge in [-0.1, -0.05) is 12.1 Å². The average Bonchev–Trinajstić information content (AvgIpc) is 2.71. The minimum Gasteiger partial charge on any atom is -0.378 e. The van der Waals surface area contributed by atoms with Gasteiger partial charge in [-0.3, -0.25) is 0 Å². The maximum Gasteiger partial charge on any atom is 0.223 e. The van der Waals surface area contributed by atoms with Crippen LogP contribution in [0, 0.1) is 5.82 Å². The van der Waals surface area contributed by atoms with Crippen LogP contribution < -0.4 is 15.5 Å². The van der Waals surface area contributed by atoms with Crippen molar-refractivity contribution in [3.05, 3.63) is 36.3 Å². The van der Waals surface area contributed by atoms with Gasteiger partial charge < -0.3 is 20.3 Å². The van der Waals surface area contributed by atoms with Crippen LogP contribution in [0.15, 0.2) is 30.5 Å². The quantitative estimate of drug-likeness (QED) is 0.875. The molecule has 2 saturated heterocycles. The van der Waals surface area contributed by atoms with Gasteiger partial charge in [-0.15, -0.1) is 0 Å². The first-order chi connectivity index (χ1) is 12.8. The second kappa shape index (κ2) is 7.97. The van der Waals surface area contributed by atoms with Crippen molar-refractivity contribution in [1.82, 2.24) is 15.3 Å². The van der Waals surface area contributed by atoms with E-state index in [-0.39, 0.29) is 0 Å². The molecule has 2 aliphatic rings. The van der Waals surface area contributed by atoms with Crippen LogP contribution in [0.2, 0.25) is 0 Å². The van der Waals surface area contributed by atoms with Gasteiger partial charge >= 0.3 is 0 Å². The molecule has 2 aliphatic heterocycles. The van der Waals surface area contributed by atoms with Crippen molar-refractivity contribution in [2.45, 2.75) is 18.9 Å². The third kappa shape index (κ3) is 3.94. The lowest BCUT2D eigenvalue weighted by atomic mass is 10.1. The van der Waals surface area contributed by atoms with Crippen molar-refractivity contribution >= 4 is 11.6 Å². The summed E-state index contributed by atoms with van der Waals surface area (Å²) in [5.41, 5.74) is 2.17. The minimum absolute atomic E-state index is 0.328. The number of morpholine rings is 1. The van der Waals surface area contributed by atoms with Crippen molar-refractivity contribution in [2.24, 2.45) is 0 Å². The van der Waals surface area contributed by atoms with Gasteiger partial charge in [-0.05, 0) is 38.1 Å². The van der Waals surface area contributed by atoms with E-state index in [0.717, 1.165) is 63.5 Å². The van der Waals surface area contributed by atoms with Gasteiger partial charge in [-0.2, -0.15) is 0 Å². The number of piperidine rings is 1. The fourth-order valence-electron chi connectivity index (χ4n) is 3.46. The van der Waals surface area contributed by atoms with Gasteiger partial charge in [0.05, 0.1) is 19.4 Å². The number of nitrogens with zero attached hydrogens (tertiary/aromatic N) is 3. The van der Waals surface area contributed by atoms with E-state index < -0.39 is 5.82 Å². The molecule has 7 heteroatoms. The molecule has 0 bridgehead atoms. The molecule has 2 aromatic rings. The normalized spacial score (nSPS) is 18.7. The molecule has 0 unspecified atom stereocenters. The molecule has 0 spiro atoms. The van der Waals surface area contributed by atoms with Crippen molar-refractivity contribution in [3.63, 3.8) is 0 Å². The molecule has 26 heavy (non-hydrogen) atoms. The Morgan fingerprint density at radius 2 is 2.00 bits per heavy atom. The second-order valence-corrected chi connectivity index (χ2v) is 6.71. The fourth-order valence-corrected chi connectivity index (χ4v) is 3.46. The number of nitrogens with one attached hydrogen (secondary N) is 2. The average molecular weight is 357 g/mol. The third-order valence-electron chi connectivity index (χ3n) is 4.91. The summed E-state index contributed by atoms with van der Waals surface area (Å²) in [5.74, 6) is 0.0880. The van der Waals surface area contributed by atoms with E-state index in [0.29, 0.717) is 17.7 Å². The molecule has 0 amide bonds. The first-order valence-electron chi connectivity index (χ1n) is 9.22. The summed E-state index contributed by atoms with van der Waals surface area (Å²) in [4.78, 5) is 10.8. The molecule has 2 N–H and O–H groups in total. The molecule has 2 fully saturated rings. The molecule has 0 radical (unpaired) electrons. The molecule has 4 rings (SSSR count). The summed E-state index contributed by atoms with van der Waals surface area (Å²) >= 11 is 0. The van der Waals surface area contributed by atoms with Crippen molar-refractivity contribution in [2.75, 3.05) is 49.6 Å². The summed E-state index contributed by atoms with van der Waals surface area (Å²) in [7, 11) is 0. The monoisotopic (exact) mass is 357 g/mol. The molecule has 3 heterocycles. The summed E-state index contributed by atoms with van der Waals surface area (Å²) < 4.78 is 19.8. The van der Waals surface area contributed by atoms with Crippen molar-refractivity contribution in [1.29, 1.82) is 0 Å². The van der Waals surface area contributed by atoms with Crippen LogP contribution in [0.3, 0.4) is 0 Å². The van der Waals surface area contributed by atoms with E-state index in [9.17, 15) is 4.39 Å². The predicted molar refractivity (Wildman–Crippen MR) is 100.0 cm³/mol. The van der Waals surface area contributed by atoms with E-state index in [1.807, 2.05) is 24.3 Å². The van der Waals surface area contributed by atoms with Gasteiger partial charge in [-0.25, -0.2) is 14.4 Å². The summed E-state index contributed by atoms with van der Waals surface area (Å²) in [6, 6.07) is 8.20. The number of rotatable bonds is 4. The van der Waals surface area contributed by atoms with Crippen LogP contribution in [0.25, 0.3) is 11.3 Å². The fraction of sp³-hybridized carbons (Fsp3) is 0.474. The number of anilines is 2. The molecular weight excluding hydrogens is 333 g/mol. The van der Waals surface area contributed by atoms with Gasteiger partial charge in [0.15, 0.2) is 5.82 Å². The van der Waals surface area contributed by atoms with E-state index in [1.54, 1.807) is 0 Å². The van der Waals surface area contributed by atoms with Crippen LogP contribution in [0.5, 0.6) is 0 Å². The number of hydrogen-bond acceptors (Lipinski definition) is 6. The Morgan fingerprint density at radius 3 is 2.81 bits per heavy atom. The van der Waals surface area contributed by atoms with E-state index >= 15 is 0 Å². The highest BCUT2D eigenvalue weighted by Crippen LogP contribution is 2.26. The Hall–Kier alpha value is -2.25. The SMILES string of the molecule is Fc1cnc(NC2CCNCC2)nc1-c1cccc(N2CCOCC2)c1. The molecule has 1 aromatic heterocycles. The molecule has 0 aliphatic carbocycles. The number of benzene rings is 1. The van der Waals surface area contributed by atoms with Crippen LogP contribution >= 0.6 is 0 Å². The maximum atomic E-state index is 14.4. The van der Waals surface area contributed by atoms with Crippen LogP contribution in [0.1, 0.15) is 12.8 Å². The van der Waals surface area contributed by atoms with Gasteiger partial charge in [0.2, 0.25) is 5.95 Å². The minimum atomic E-state index is -0.403. The highest BCUT2D eigenvalue weighted by molar-refractivity contribution is 5.67. The Balaban J connectivity index is 1.57. The number of aromatic nitrogens is 2. The van der Waals surface area contributed by atoms with E-state index in [2.05, 4.69) is 25.5 Å². The summed E-state index contributed by atoms with van der Waals surface area (Å²) in [5, 5.41) is 6.67. The van der Waals surface area contributed by atoms with Crippen molar-refractivity contribution < 1.29 is 9.13 Å². The molecule has 0 saturated carbocycles. The lowest BCUT2D eigenvalue weighted by Crippen LogP contribution is -2.36. The third-order valence-corrected chi connectivity index (χ3v) is 4.91. The molecule has 0 atom stereocenters. The number of ether oxygens (including phenoxy) is 1.